The number of nitriles is 2. The molecule has 0 saturated carbocycles. The summed E-state index contributed by atoms with van der Waals surface area (Å²) >= 11 is 0. The number of carboxylic acids is 2. The van der Waals surface area contributed by atoms with Gasteiger partial charge in [0.1, 0.15) is 11.6 Å². The fourth-order valence-corrected chi connectivity index (χ4v) is 9.66. The van der Waals surface area contributed by atoms with Gasteiger partial charge in [-0.05, 0) is 85.3 Å². The molecule has 74 heavy (non-hydrogen) atoms. The fraction of sp³-hybridized carbons (Fsp3) is 0.346. The van der Waals surface area contributed by atoms with Crippen LogP contribution in [0.3, 0.4) is 0 Å². The molecule has 4 aliphatic rings. The number of carbonyl (C=O) groups excluding carboxylic acids is 4. The van der Waals surface area contributed by atoms with Gasteiger partial charge in [0.15, 0.2) is 23.3 Å². The number of nitrogens with two attached hydrogens (primary N) is 2. The van der Waals surface area contributed by atoms with Crippen LogP contribution in [0, 0.1) is 69.4 Å². The van der Waals surface area contributed by atoms with Gasteiger partial charge in [-0.25, -0.2) is 35.9 Å². The first-order chi connectivity index (χ1) is 35.1. The molecule has 4 heterocycles. The average molecular weight is 1030 g/mol. The van der Waals surface area contributed by atoms with Gasteiger partial charge in [0.25, 0.3) is 11.8 Å². The van der Waals surface area contributed by atoms with Crippen molar-refractivity contribution in [3.8, 4) is 12.1 Å². The van der Waals surface area contributed by atoms with Crippen molar-refractivity contribution in [3.63, 3.8) is 0 Å². The minimum atomic E-state index is -1.27. The van der Waals surface area contributed by atoms with Crippen molar-refractivity contribution >= 4 is 35.6 Å². The van der Waals surface area contributed by atoms with Crippen LogP contribution in [0.2, 0.25) is 0 Å². The number of rotatable bonds is 12. The highest BCUT2D eigenvalue weighted by Gasteiger charge is 2.46. The third-order valence-electron chi connectivity index (χ3n) is 13.2. The maximum atomic E-state index is 13.9. The molecule has 388 valence electrons. The van der Waals surface area contributed by atoms with Crippen LogP contribution < -0.4 is 11.5 Å². The van der Waals surface area contributed by atoms with Gasteiger partial charge in [-0.15, -0.1) is 0 Å². The Kier molecular flexibility index (Phi) is 18.3. The molecule has 4 amide bonds. The zero-order valence-corrected chi connectivity index (χ0v) is 39.5. The van der Waals surface area contributed by atoms with Crippen LogP contribution in [-0.2, 0) is 32.0 Å². The molecular weight excluding hydrogens is 979 g/mol. The number of benzene rings is 4. The highest BCUT2D eigenvalue weighted by molar-refractivity contribution is 5.95. The highest BCUT2D eigenvalue weighted by Crippen LogP contribution is 2.35. The Hall–Kier alpha value is -8.08. The summed E-state index contributed by atoms with van der Waals surface area (Å²) in [4.78, 5) is 77.5. The number of aliphatic carboxylic acids is 2. The van der Waals surface area contributed by atoms with Crippen LogP contribution in [0.15, 0.2) is 84.9 Å². The van der Waals surface area contributed by atoms with Crippen molar-refractivity contribution in [1.82, 2.24) is 19.6 Å². The molecule has 4 aromatic rings. The van der Waals surface area contributed by atoms with Crippen LogP contribution in [-0.4, -0.2) is 129 Å². The largest absolute Gasteiger partial charge is 0.478 e. The first kappa shape index (κ1) is 55.2. The Morgan fingerprint density at radius 2 is 0.932 bits per heavy atom. The minimum absolute atomic E-state index is 0.0696. The summed E-state index contributed by atoms with van der Waals surface area (Å²) in [6, 6.07) is 17.8. The summed E-state index contributed by atoms with van der Waals surface area (Å²) < 4.78 is 80.9. The molecule has 0 aromatic heterocycles. The second kappa shape index (κ2) is 24.6. The van der Waals surface area contributed by atoms with Gasteiger partial charge < -0.3 is 41.3 Å². The summed E-state index contributed by atoms with van der Waals surface area (Å²) in [5.74, 6) is -9.67. The lowest BCUT2D eigenvalue weighted by atomic mass is 10.0. The predicted octanol–water partition coefficient (Wildman–Crippen LogP) is 4.93. The smallest absolute Gasteiger partial charge is 0.328 e. The van der Waals surface area contributed by atoms with E-state index >= 15 is 0 Å². The summed E-state index contributed by atoms with van der Waals surface area (Å²) in [7, 11) is 0. The normalized spacial score (nSPS) is 19.3. The van der Waals surface area contributed by atoms with Gasteiger partial charge in [0.05, 0.1) is 35.3 Å². The number of carboxylic acid groups (broad SMARTS) is 2. The summed E-state index contributed by atoms with van der Waals surface area (Å²) in [5.41, 5.74) is 13.6. The van der Waals surface area contributed by atoms with E-state index in [2.05, 4.69) is 0 Å². The van der Waals surface area contributed by atoms with E-state index in [4.69, 9.17) is 32.2 Å². The number of hydrogen-bond acceptors (Lipinski definition) is 10. The van der Waals surface area contributed by atoms with Crippen molar-refractivity contribution in [2.45, 2.75) is 62.7 Å². The van der Waals surface area contributed by atoms with Crippen LogP contribution in [0.4, 0.5) is 26.3 Å². The van der Waals surface area contributed by atoms with E-state index in [-0.39, 0.29) is 84.4 Å². The van der Waals surface area contributed by atoms with Gasteiger partial charge in [-0.1, -0.05) is 12.1 Å². The third-order valence-corrected chi connectivity index (χ3v) is 13.2. The number of carbonyl (C=O) groups is 6. The van der Waals surface area contributed by atoms with Crippen molar-refractivity contribution < 1.29 is 65.3 Å². The summed E-state index contributed by atoms with van der Waals surface area (Å²) in [5, 5.41) is 33.7. The molecule has 6 atom stereocenters. The van der Waals surface area contributed by atoms with E-state index in [1.807, 2.05) is 12.1 Å². The van der Waals surface area contributed by atoms with Crippen molar-refractivity contribution in [3.05, 3.63) is 153 Å². The molecule has 4 fully saturated rings. The maximum Gasteiger partial charge on any atom is 0.328 e. The number of halogens is 6. The number of nitrogens with zero attached hydrogens (tertiary/aromatic N) is 6. The molecule has 0 aliphatic carbocycles. The Balaban J connectivity index is 0.000000210. The van der Waals surface area contributed by atoms with E-state index in [0.29, 0.717) is 85.8 Å². The molecule has 4 aromatic carbocycles. The van der Waals surface area contributed by atoms with Gasteiger partial charge in [-0.3, -0.25) is 19.2 Å². The molecule has 6 N–H and O–H groups in total. The van der Waals surface area contributed by atoms with Gasteiger partial charge in [-0.2, -0.15) is 10.5 Å². The quantitative estimate of drug-likeness (QED) is 0.0838. The van der Waals surface area contributed by atoms with Gasteiger partial charge in [0, 0.05) is 111 Å². The molecule has 0 spiro atoms. The first-order valence-corrected chi connectivity index (χ1v) is 23.3. The zero-order valence-electron chi connectivity index (χ0n) is 39.5. The summed E-state index contributed by atoms with van der Waals surface area (Å²) in [6.07, 6.45) is 2.29. The Bertz CT molecular complexity index is 2740. The van der Waals surface area contributed by atoms with Crippen molar-refractivity contribution in [2.24, 2.45) is 23.3 Å². The molecule has 0 bridgehead atoms. The monoisotopic (exact) mass is 1030 g/mol. The SMILES string of the molecule is N#Cc1cccc(C(=O)N2C[C@@H]3CCN(C(=O)C[C@H](N)Cc4cc(F)c(F)cc4F)[C@@H]3C2)c1.N#Cc1cccc(C(=O)N2C[C@@H]3CCN(C(=O)C[C@H](N)Cc4cc(F)c(F)cc4F)[C@@H]3C2)c1.O=C(O)/C=C/C(=O)O. The lowest BCUT2D eigenvalue weighted by Gasteiger charge is -2.26. The number of hydrogen-bond donors (Lipinski definition) is 4. The highest BCUT2D eigenvalue weighted by atomic mass is 19.2. The van der Waals surface area contributed by atoms with Crippen molar-refractivity contribution in [2.75, 3.05) is 39.3 Å². The lowest BCUT2D eigenvalue weighted by molar-refractivity contribution is -0.134. The molecule has 0 unspecified atom stereocenters. The Labute approximate surface area is 420 Å². The molecule has 22 heteroatoms. The fourth-order valence-electron chi connectivity index (χ4n) is 9.66. The second-order valence-electron chi connectivity index (χ2n) is 18.3. The van der Waals surface area contributed by atoms with Crippen LogP contribution >= 0.6 is 0 Å². The topological polar surface area (TPSA) is 255 Å². The number of amides is 4. The van der Waals surface area contributed by atoms with Crippen molar-refractivity contribution in [1.29, 1.82) is 10.5 Å². The van der Waals surface area contributed by atoms with E-state index in [9.17, 15) is 55.1 Å². The van der Waals surface area contributed by atoms with E-state index in [1.165, 1.54) is 0 Å². The lowest BCUT2D eigenvalue weighted by Crippen LogP contribution is -2.43. The van der Waals surface area contributed by atoms with Crippen LogP contribution in [0.1, 0.15) is 68.7 Å². The molecular formula is C52H50F6N8O8. The maximum absolute atomic E-state index is 13.9. The predicted molar refractivity (Wildman–Crippen MR) is 251 cm³/mol. The third kappa shape index (κ3) is 13.9. The van der Waals surface area contributed by atoms with Gasteiger partial charge >= 0.3 is 11.9 Å². The second-order valence-corrected chi connectivity index (χ2v) is 18.3. The van der Waals surface area contributed by atoms with Crippen LogP contribution in [0.5, 0.6) is 0 Å². The van der Waals surface area contributed by atoms with E-state index in [1.54, 1.807) is 68.1 Å². The standard InChI is InChI=1S/2C24H23F3N4O2.C4H4O4/c2*25-19-10-21(27)20(26)8-17(19)7-18(29)9-23(32)31-5-4-16-12-30(13-22(16)31)24(33)15-3-1-2-14(6-15)11-28;5-3(6)1-2-4(7)8/h2*1-3,6,8,10,16,18,22H,4-5,7,9,12-13,29H2;1-2H,(H,5,6)(H,7,8)/b;;2-1+/t2*16-,18+,22+;/m00./s1. The van der Waals surface area contributed by atoms with E-state index < -0.39 is 58.9 Å². The average Bonchev–Trinajstić information content (AvgIpc) is 4.17. The number of fused-ring (bicyclic) bond motifs is 2. The molecule has 4 aliphatic heterocycles. The summed E-state index contributed by atoms with van der Waals surface area (Å²) in [6.45, 7) is 2.92. The Morgan fingerprint density at radius 3 is 1.28 bits per heavy atom. The van der Waals surface area contributed by atoms with Crippen LogP contribution in [0.25, 0.3) is 0 Å². The molecule has 4 saturated heterocycles. The number of likely N-dealkylation sites (tertiary alicyclic amines) is 4. The van der Waals surface area contributed by atoms with Gasteiger partial charge in [0.2, 0.25) is 11.8 Å². The molecule has 16 nitrogen and oxygen atoms in total. The zero-order chi connectivity index (χ0) is 54.0. The first-order valence-electron chi connectivity index (χ1n) is 23.3. The Morgan fingerprint density at radius 1 is 0.568 bits per heavy atom. The molecule has 8 rings (SSSR count). The molecule has 0 radical (unpaired) electrons. The minimum Gasteiger partial charge on any atom is -0.478 e. The van der Waals surface area contributed by atoms with E-state index in [0.717, 1.165) is 25.0 Å².